The number of carbonyl (C=O) groups excluding carboxylic acids is 3. The third-order valence-electron chi connectivity index (χ3n) is 2.53. The standard InChI is InChI=1S/C9H11N5O3/c1-6-7(15)11-9(17)14(8(6)16)5-4-13-3-2-10-12-13/h2-3,6H,4-5H2,1H3,(H,11,15,17). The van der Waals surface area contributed by atoms with E-state index in [2.05, 4.69) is 15.6 Å². The van der Waals surface area contributed by atoms with Crippen LogP contribution in [-0.4, -0.2) is 44.3 Å². The lowest BCUT2D eigenvalue weighted by molar-refractivity contribution is -0.141. The SMILES string of the molecule is CC1C(=O)NC(=O)N(CCn2ccnn2)C1=O. The van der Waals surface area contributed by atoms with Gasteiger partial charge in [0.05, 0.1) is 19.3 Å². The molecule has 1 atom stereocenters. The van der Waals surface area contributed by atoms with Crippen molar-refractivity contribution in [2.75, 3.05) is 6.54 Å². The van der Waals surface area contributed by atoms with E-state index >= 15 is 0 Å². The van der Waals surface area contributed by atoms with Crippen molar-refractivity contribution in [2.24, 2.45) is 5.92 Å². The van der Waals surface area contributed by atoms with E-state index < -0.39 is 23.8 Å². The number of rotatable bonds is 3. The molecular formula is C9H11N5O3. The maximum Gasteiger partial charge on any atom is 0.330 e. The molecule has 0 aromatic carbocycles. The van der Waals surface area contributed by atoms with Crippen molar-refractivity contribution >= 4 is 17.8 Å². The van der Waals surface area contributed by atoms with E-state index in [1.54, 1.807) is 6.20 Å². The Morgan fingerprint density at radius 1 is 1.35 bits per heavy atom. The number of amides is 4. The molecule has 0 aliphatic carbocycles. The molecule has 8 nitrogen and oxygen atoms in total. The highest BCUT2D eigenvalue weighted by molar-refractivity contribution is 6.15. The molecule has 90 valence electrons. The van der Waals surface area contributed by atoms with E-state index in [1.807, 2.05) is 0 Å². The molecule has 0 saturated carbocycles. The van der Waals surface area contributed by atoms with Crippen molar-refractivity contribution in [3.63, 3.8) is 0 Å². The quantitative estimate of drug-likeness (QED) is 0.679. The second-order valence-electron chi connectivity index (χ2n) is 3.67. The van der Waals surface area contributed by atoms with Gasteiger partial charge < -0.3 is 0 Å². The summed E-state index contributed by atoms with van der Waals surface area (Å²) in [7, 11) is 0. The first-order chi connectivity index (χ1) is 8.09. The lowest BCUT2D eigenvalue weighted by Crippen LogP contribution is -2.57. The predicted molar refractivity (Wildman–Crippen MR) is 54.4 cm³/mol. The van der Waals surface area contributed by atoms with Crippen LogP contribution in [0, 0.1) is 5.92 Å². The zero-order chi connectivity index (χ0) is 12.4. The molecular weight excluding hydrogens is 226 g/mol. The number of hydrogen-bond donors (Lipinski definition) is 1. The molecule has 4 amide bonds. The van der Waals surface area contributed by atoms with Gasteiger partial charge in [0.2, 0.25) is 11.8 Å². The van der Waals surface area contributed by atoms with E-state index in [9.17, 15) is 14.4 Å². The van der Waals surface area contributed by atoms with Crippen LogP contribution in [0.1, 0.15) is 6.92 Å². The maximum absolute atomic E-state index is 11.7. The van der Waals surface area contributed by atoms with Crippen LogP contribution >= 0.6 is 0 Å². The van der Waals surface area contributed by atoms with E-state index in [4.69, 9.17) is 0 Å². The Hall–Kier alpha value is -2.25. The van der Waals surface area contributed by atoms with Crippen LogP contribution in [0.5, 0.6) is 0 Å². The van der Waals surface area contributed by atoms with Gasteiger partial charge in [0, 0.05) is 6.20 Å². The largest absolute Gasteiger partial charge is 0.330 e. The summed E-state index contributed by atoms with van der Waals surface area (Å²) in [5.41, 5.74) is 0. The lowest BCUT2D eigenvalue weighted by atomic mass is 10.1. The topological polar surface area (TPSA) is 97.2 Å². The highest BCUT2D eigenvalue weighted by atomic mass is 16.2. The Morgan fingerprint density at radius 3 is 2.76 bits per heavy atom. The maximum atomic E-state index is 11.7. The summed E-state index contributed by atoms with van der Waals surface area (Å²) in [6.07, 6.45) is 3.13. The average molecular weight is 237 g/mol. The molecule has 17 heavy (non-hydrogen) atoms. The fraction of sp³-hybridized carbons (Fsp3) is 0.444. The van der Waals surface area contributed by atoms with E-state index in [0.717, 1.165) is 4.90 Å². The number of hydrogen-bond acceptors (Lipinski definition) is 5. The Labute approximate surface area is 96.6 Å². The van der Waals surface area contributed by atoms with Gasteiger partial charge in [-0.25, -0.2) is 4.79 Å². The second kappa shape index (κ2) is 4.32. The summed E-state index contributed by atoms with van der Waals surface area (Å²) in [6.45, 7) is 1.97. The van der Waals surface area contributed by atoms with Gasteiger partial charge >= 0.3 is 6.03 Å². The highest BCUT2D eigenvalue weighted by Crippen LogP contribution is 2.09. The van der Waals surface area contributed by atoms with Crippen LogP contribution in [0.25, 0.3) is 0 Å². The van der Waals surface area contributed by atoms with Crippen molar-refractivity contribution in [1.82, 2.24) is 25.2 Å². The van der Waals surface area contributed by atoms with Gasteiger partial charge in [0.25, 0.3) is 0 Å². The Bertz CT molecular complexity index is 455. The molecule has 2 heterocycles. The Morgan fingerprint density at radius 2 is 2.12 bits per heavy atom. The van der Waals surface area contributed by atoms with Gasteiger partial charge in [0.15, 0.2) is 0 Å². The van der Waals surface area contributed by atoms with Gasteiger partial charge in [-0.3, -0.25) is 24.5 Å². The lowest BCUT2D eigenvalue weighted by Gasteiger charge is -2.28. The third-order valence-corrected chi connectivity index (χ3v) is 2.53. The van der Waals surface area contributed by atoms with Crippen molar-refractivity contribution < 1.29 is 14.4 Å². The number of nitrogens with one attached hydrogen (secondary N) is 1. The molecule has 1 saturated heterocycles. The van der Waals surface area contributed by atoms with Gasteiger partial charge in [-0.2, -0.15) is 0 Å². The van der Waals surface area contributed by atoms with Crippen LogP contribution in [0.2, 0.25) is 0 Å². The number of urea groups is 1. The summed E-state index contributed by atoms with van der Waals surface area (Å²) in [4.78, 5) is 35.3. The predicted octanol–water partition coefficient (Wildman–Crippen LogP) is -1.01. The van der Waals surface area contributed by atoms with Crippen molar-refractivity contribution in [3.8, 4) is 0 Å². The van der Waals surface area contributed by atoms with Crippen LogP contribution in [0.4, 0.5) is 4.79 Å². The van der Waals surface area contributed by atoms with Crippen molar-refractivity contribution in [2.45, 2.75) is 13.5 Å². The molecule has 0 spiro atoms. The van der Waals surface area contributed by atoms with E-state index in [0.29, 0.717) is 6.54 Å². The van der Waals surface area contributed by atoms with Crippen molar-refractivity contribution in [3.05, 3.63) is 12.4 Å². The van der Waals surface area contributed by atoms with E-state index in [1.165, 1.54) is 17.8 Å². The molecule has 1 aromatic rings. The van der Waals surface area contributed by atoms with Gasteiger partial charge in [0.1, 0.15) is 5.92 Å². The second-order valence-corrected chi connectivity index (χ2v) is 3.67. The first kappa shape index (κ1) is 11.2. The number of carbonyl (C=O) groups is 3. The first-order valence-electron chi connectivity index (χ1n) is 5.10. The average Bonchev–Trinajstić information content (AvgIpc) is 2.79. The number of barbiturate groups is 1. The van der Waals surface area contributed by atoms with Crippen LogP contribution in [-0.2, 0) is 16.1 Å². The molecule has 2 rings (SSSR count). The monoisotopic (exact) mass is 237 g/mol. The Balaban J connectivity index is 2.02. The summed E-state index contributed by atoms with van der Waals surface area (Å²) >= 11 is 0. The normalized spacial score (nSPS) is 20.6. The minimum Gasteiger partial charge on any atom is -0.277 e. The zero-order valence-corrected chi connectivity index (χ0v) is 9.16. The summed E-state index contributed by atoms with van der Waals surface area (Å²) in [5.74, 6) is -1.88. The molecule has 1 N–H and O–H groups in total. The number of imide groups is 2. The molecule has 1 aromatic heterocycles. The fourth-order valence-electron chi connectivity index (χ4n) is 1.49. The zero-order valence-electron chi connectivity index (χ0n) is 9.16. The smallest absolute Gasteiger partial charge is 0.277 e. The van der Waals surface area contributed by atoms with E-state index in [-0.39, 0.29) is 6.54 Å². The number of aromatic nitrogens is 3. The molecule has 0 bridgehead atoms. The summed E-state index contributed by atoms with van der Waals surface area (Å²) in [5, 5.41) is 9.44. The van der Waals surface area contributed by atoms with Crippen LogP contribution in [0.15, 0.2) is 12.4 Å². The minimum atomic E-state index is -0.830. The molecule has 1 fully saturated rings. The van der Waals surface area contributed by atoms with Crippen molar-refractivity contribution in [1.29, 1.82) is 0 Å². The Kier molecular flexibility index (Phi) is 2.86. The fourth-order valence-corrected chi connectivity index (χ4v) is 1.49. The number of nitrogens with zero attached hydrogens (tertiary/aromatic N) is 4. The molecule has 1 unspecified atom stereocenters. The van der Waals surface area contributed by atoms with Gasteiger partial charge in [-0.1, -0.05) is 5.21 Å². The van der Waals surface area contributed by atoms with Crippen LogP contribution in [0.3, 0.4) is 0 Å². The molecule has 0 radical (unpaired) electrons. The minimum absolute atomic E-state index is 0.158. The van der Waals surface area contributed by atoms with Crippen LogP contribution < -0.4 is 5.32 Å². The molecule has 1 aliphatic rings. The summed E-state index contributed by atoms with van der Waals surface area (Å²) < 4.78 is 1.50. The highest BCUT2D eigenvalue weighted by Gasteiger charge is 2.36. The van der Waals surface area contributed by atoms with Gasteiger partial charge in [-0.15, -0.1) is 5.10 Å². The molecule has 8 heteroatoms. The van der Waals surface area contributed by atoms with Gasteiger partial charge in [-0.05, 0) is 6.92 Å². The summed E-state index contributed by atoms with van der Waals surface area (Å²) in [6, 6.07) is -0.682. The first-order valence-corrected chi connectivity index (χ1v) is 5.10. The molecule has 1 aliphatic heterocycles. The third kappa shape index (κ3) is 2.14.